The van der Waals surface area contributed by atoms with Gasteiger partial charge in [0.1, 0.15) is 11.8 Å². The summed E-state index contributed by atoms with van der Waals surface area (Å²) < 4.78 is 0. The maximum absolute atomic E-state index is 12.6. The molecule has 1 aliphatic rings. The number of benzene rings is 3. The molecule has 0 saturated heterocycles. The monoisotopic (exact) mass is 524 g/mol. The minimum absolute atomic E-state index is 0.0585. The van der Waals surface area contributed by atoms with Crippen LogP contribution in [0.3, 0.4) is 0 Å². The van der Waals surface area contributed by atoms with Gasteiger partial charge in [-0.3, -0.25) is 9.69 Å². The first-order valence-electron chi connectivity index (χ1n) is 11.6. The van der Waals surface area contributed by atoms with E-state index >= 15 is 0 Å². The van der Waals surface area contributed by atoms with Crippen LogP contribution in [0.1, 0.15) is 33.5 Å². The Morgan fingerprint density at radius 2 is 1.67 bits per heavy atom. The summed E-state index contributed by atoms with van der Waals surface area (Å²) >= 11 is 12.2. The van der Waals surface area contributed by atoms with Crippen LogP contribution in [0.15, 0.2) is 72.8 Å². The summed E-state index contributed by atoms with van der Waals surface area (Å²) in [4.78, 5) is 26.7. The van der Waals surface area contributed by atoms with Crippen molar-refractivity contribution >= 4 is 40.7 Å². The van der Waals surface area contributed by atoms with Crippen LogP contribution in [0, 0.1) is 0 Å². The van der Waals surface area contributed by atoms with Gasteiger partial charge >= 0.3 is 5.97 Å². The molecule has 0 bridgehead atoms. The molecule has 0 aromatic heterocycles. The number of carbonyl (C=O) groups is 2. The number of aromatic hydroxyl groups is 1. The fourth-order valence-electron chi connectivity index (χ4n) is 4.24. The summed E-state index contributed by atoms with van der Waals surface area (Å²) in [6.45, 7) is 2.35. The summed E-state index contributed by atoms with van der Waals surface area (Å²) in [6, 6.07) is 18.6. The van der Waals surface area contributed by atoms with E-state index in [1.54, 1.807) is 12.1 Å². The van der Waals surface area contributed by atoms with E-state index in [1.807, 2.05) is 42.5 Å². The Morgan fingerprint density at radius 1 is 0.972 bits per heavy atom. The number of halogens is 2. The summed E-state index contributed by atoms with van der Waals surface area (Å²) in [5.41, 5.74) is 4.07. The second-order valence-electron chi connectivity index (χ2n) is 8.71. The van der Waals surface area contributed by atoms with Gasteiger partial charge in [0.15, 0.2) is 0 Å². The minimum atomic E-state index is -1.14. The zero-order valence-electron chi connectivity index (χ0n) is 19.5. The molecule has 0 radical (unpaired) electrons. The Bertz CT molecular complexity index is 1270. The number of carboxylic acids is 1. The topological polar surface area (TPSA) is 89.9 Å². The van der Waals surface area contributed by atoms with Crippen molar-refractivity contribution < 1.29 is 19.8 Å². The van der Waals surface area contributed by atoms with Crippen molar-refractivity contribution in [3.63, 3.8) is 0 Å². The summed E-state index contributed by atoms with van der Waals surface area (Å²) in [5.74, 6) is -1.46. The van der Waals surface area contributed by atoms with Gasteiger partial charge in [-0.05, 0) is 41.3 Å². The SMILES string of the molecule is O=C(N[C@@H](Cc1ccc(C2=CCN(Cc3ccccc3O)CC2)cc1)C(=O)O)c1c(Cl)cccc1Cl. The van der Waals surface area contributed by atoms with Gasteiger partial charge in [0, 0.05) is 31.6 Å². The molecule has 1 heterocycles. The molecule has 1 amide bonds. The number of nitrogens with zero attached hydrogens (tertiary/aromatic N) is 1. The third kappa shape index (κ3) is 6.26. The van der Waals surface area contributed by atoms with E-state index in [0.29, 0.717) is 12.3 Å². The van der Waals surface area contributed by atoms with E-state index in [1.165, 1.54) is 17.7 Å². The van der Waals surface area contributed by atoms with Crippen molar-refractivity contribution in [1.82, 2.24) is 10.2 Å². The van der Waals surface area contributed by atoms with E-state index in [-0.39, 0.29) is 22.0 Å². The number of hydrogen-bond acceptors (Lipinski definition) is 4. The summed E-state index contributed by atoms with van der Waals surface area (Å²) in [7, 11) is 0. The molecule has 8 heteroatoms. The second-order valence-corrected chi connectivity index (χ2v) is 9.52. The molecule has 1 aliphatic heterocycles. The highest BCUT2D eigenvalue weighted by Gasteiger charge is 2.24. The highest BCUT2D eigenvalue weighted by molar-refractivity contribution is 6.39. The Balaban J connectivity index is 1.38. The number of hydrogen-bond donors (Lipinski definition) is 3. The number of phenols is 1. The van der Waals surface area contributed by atoms with Crippen LogP contribution in [-0.4, -0.2) is 46.1 Å². The molecule has 0 saturated carbocycles. The highest BCUT2D eigenvalue weighted by atomic mass is 35.5. The van der Waals surface area contributed by atoms with Gasteiger partial charge in [-0.2, -0.15) is 0 Å². The zero-order chi connectivity index (χ0) is 25.7. The molecule has 0 unspecified atom stereocenters. The molecule has 3 aromatic rings. The van der Waals surface area contributed by atoms with Gasteiger partial charge in [-0.15, -0.1) is 0 Å². The number of nitrogens with one attached hydrogen (secondary N) is 1. The van der Waals surface area contributed by atoms with Gasteiger partial charge < -0.3 is 15.5 Å². The minimum Gasteiger partial charge on any atom is -0.508 e. The van der Waals surface area contributed by atoms with Crippen LogP contribution in [0.2, 0.25) is 10.0 Å². The number of carbonyl (C=O) groups excluding carboxylic acids is 1. The maximum Gasteiger partial charge on any atom is 0.326 e. The molecular weight excluding hydrogens is 499 g/mol. The second kappa shape index (κ2) is 11.6. The first-order chi connectivity index (χ1) is 17.3. The van der Waals surface area contributed by atoms with Crippen molar-refractivity contribution in [2.24, 2.45) is 0 Å². The lowest BCUT2D eigenvalue weighted by Gasteiger charge is -2.27. The number of para-hydroxylation sites is 1. The summed E-state index contributed by atoms with van der Waals surface area (Å²) in [6.07, 6.45) is 3.18. The van der Waals surface area contributed by atoms with Crippen LogP contribution in [0.5, 0.6) is 5.75 Å². The average molecular weight is 525 g/mol. The molecular formula is C28H26Cl2N2O4. The van der Waals surface area contributed by atoms with Crippen molar-refractivity contribution in [3.05, 3.63) is 105 Å². The van der Waals surface area contributed by atoms with Crippen LogP contribution in [0.4, 0.5) is 0 Å². The molecule has 6 nitrogen and oxygen atoms in total. The highest BCUT2D eigenvalue weighted by Crippen LogP contribution is 2.26. The van der Waals surface area contributed by atoms with Gasteiger partial charge in [0.05, 0.1) is 15.6 Å². The summed E-state index contributed by atoms with van der Waals surface area (Å²) in [5, 5.41) is 22.5. The lowest BCUT2D eigenvalue weighted by Crippen LogP contribution is -2.42. The first kappa shape index (κ1) is 25.8. The smallest absolute Gasteiger partial charge is 0.326 e. The number of amides is 1. The van der Waals surface area contributed by atoms with Gasteiger partial charge in [-0.25, -0.2) is 4.79 Å². The zero-order valence-corrected chi connectivity index (χ0v) is 21.0. The van der Waals surface area contributed by atoms with E-state index in [9.17, 15) is 19.8 Å². The number of carboxylic acid groups (broad SMARTS) is 1. The third-order valence-corrected chi connectivity index (χ3v) is 6.87. The predicted octanol–water partition coefficient (Wildman–Crippen LogP) is 5.41. The van der Waals surface area contributed by atoms with Gasteiger partial charge in [0.25, 0.3) is 5.91 Å². The molecule has 0 aliphatic carbocycles. The predicted molar refractivity (Wildman–Crippen MR) is 141 cm³/mol. The normalized spacial score (nSPS) is 14.7. The number of aliphatic carboxylic acids is 1. The lowest BCUT2D eigenvalue weighted by atomic mass is 9.96. The van der Waals surface area contributed by atoms with Crippen LogP contribution in [0.25, 0.3) is 5.57 Å². The van der Waals surface area contributed by atoms with Crippen molar-refractivity contribution in [2.75, 3.05) is 13.1 Å². The van der Waals surface area contributed by atoms with Crippen LogP contribution in [-0.2, 0) is 17.8 Å². The fourth-order valence-corrected chi connectivity index (χ4v) is 4.81. The first-order valence-corrected chi connectivity index (χ1v) is 12.3. The van der Waals surface area contributed by atoms with E-state index in [4.69, 9.17) is 23.2 Å². The van der Waals surface area contributed by atoms with Crippen LogP contribution < -0.4 is 5.32 Å². The molecule has 1 atom stereocenters. The lowest BCUT2D eigenvalue weighted by molar-refractivity contribution is -0.139. The molecule has 0 fully saturated rings. The molecule has 3 aromatic carbocycles. The molecule has 0 spiro atoms. The van der Waals surface area contributed by atoms with Gasteiger partial charge in [0.2, 0.25) is 0 Å². The van der Waals surface area contributed by atoms with Crippen molar-refractivity contribution in [2.45, 2.75) is 25.4 Å². The standard InChI is InChI=1S/C28H26Cl2N2O4/c29-22-5-3-6-23(30)26(22)27(34)31-24(28(35)36)16-18-8-10-19(11-9-18)20-12-14-32(15-13-20)17-21-4-1-2-7-25(21)33/h1-12,24,33H,13-17H2,(H,31,34)(H,35,36)/t24-/m0/s1. The van der Waals surface area contributed by atoms with Crippen LogP contribution >= 0.6 is 23.2 Å². The van der Waals surface area contributed by atoms with Gasteiger partial charge in [-0.1, -0.05) is 77.8 Å². The molecule has 36 heavy (non-hydrogen) atoms. The molecule has 186 valence electrons. The molecule has 3 N–H and O–H groups in total. The molecule has 4 rings (SSSR count). The Hall–Kier alpha value is -3.32. The van der Waals surface area contributed by atoms with Crippen molar-refractivity contribution in [1.29, 1.82) is 0 Å². The third-order valence-electron chi connectivity index (χ3n) is 6.24. The average Bonchev–Trinajstić information content (AvgIpc) is 2.86. The largest absolute Gasteiger partial charge is 0.508 e. The Kier molecular flexibility index (Phi) is 8.31. The Labute approximate surface area is 219 Å². The maximum atomic E-state index is 12.6. The quantitative estimate of drug-likeness (QED) is 0.366. The van der Waals surface area contributed by atoms with E-state index in [0.717, 1.165) is 36.2 Å². The van der Waals surface area contributed by atoms with E-state index < -0.39 is 17.9 Å². The fraction of sp³-hybridized carbons (Fsp3) is 0.214. The number of phenolic OH excluding ortho intramolecular Hbond substituents is 1. The Morgan fingerprint density at radius 3 is 2.28 bits per heavy atom. The van der Waals surface area contributed by atoms with E-state index in [2.05, 4.69) is 16.3 Å². The number of rotatable bonds is 8. The van der Waals surface area contributed by atoms with Crippen molar-refractivity contribution in [3.8, 4) is 5.75 Å².